The Morgan fingerprint density at radius 1 is 0.861 bits per heavy atom. The van der Waals surface area contributed by atoms with Gasteiger partial charge in [-0.15, -0.1) is 0 Å². The van der Waals surface area contributed by atoms with Crippen LogP contribution in [0.1, 0.15) is 27.9 Å². The first-order valence-corrected chi connectivity index (χ1v) is 11.0. The second-order valence-corrected chi connectivity index (χ2v) is 7.75. The second kappa shape index (κ2) is 11.1. The first-order chi connectivity index (χ1) is 17.4. The van der Waals surface area contributed by atoms with Crippen molar-refractivity contribution >= 4 is 35.2 Å². The average Bonchev–Trinajstić information content (AvgIpc) is 3.22. The number of halogens is 1. The van der Waals surface area contributed by atoms with Gasteiger partial charge in [0.05, 0.1) is 18.6 Å². The maximum atomic E-state index is 13.0. The molecule has 0 unspecified atom stereocenters. The molecule has 7 nitrogen and oxygen atoms in total. The predicted octanol–water partition coefficient (Wildman–Crippen LogP) is 4.14. The van der Waals surface area contributed by atoms with E-state index in [4.69, 9.17) is 9.47 Å². The third-order valence-corrected chi connectivity index (χ3v) is 5.16. The normalized spacial score (nSPS) is 12.9. The molecule has 1 N–H and O–H groups in total. The number of hydrogen-bond donors (Lipinski definition) is 1. The van der Waals surface area contributed by atoms with Gasteiger partial charge in [0.1, 0.15) is 17.3 Å². The molecule has 0 saturated heterocycles. The summed E-state index contributed by atoms with van der Waals surface area (Å²) in [7, 11) is 0. The minimum Gasteiger partial charge on any atom is -0.493 e. The molecule has 4 rings (SSSR count). The molecular formula is C28H20FNO6. The number of imide groups is 1. The molecule has 3 aromatic carbocycles. The van der Waals surface area contributed by atoms with Crippen molar-refractivity contribution in [1.29, 1.82) is 0 Å². The number of benzene rings is 3. The Bertz CT molecular complexity index is 1360. The minimum absolute atomic E-state index is 0.0115. The van der Waals surface area contributed by atoms with Gasteiger partial charge in [-0.1, -0.05) is 30.3 Å². The number of carbonyl (C=O) groups excluding carboxylic acids is 4. The van der Waals surface area contributed by atoms with Crippen LogP contribution in [0.2, 0.25) is 0 Å². The lowest BCUT2D eigenvalue weighted by Crippen LogP contribution is -2.21. The summed E-state index contributed by atoms with van der Waals surface area (Å²) in [4.78, 5) is 47.2. The summed E-state index contributed by atoms with van der Waals surface area (Å²) in [6.07, 6.45) is 4.25. The van der Waals surface area contributed by atoms with Crippen molar-refractivity contribution in [3.8, 4) is 11.5 Å². The van der Waals surface area contributed by atoms with Gasteiger partial charge in [0.15, 0.2) is 5.78 Å². The van der Waals surface area contributed by atoms with Gasteiger partial charge in [0.25, 0.3) is 11.8 Å². The van der Waals surface area contributed by atoms with E-state index >= 15 is 0 Å². The molecule has 2 amide bonds. The molecule has 3 aromatic rings. The monoisotopic (exact) mass is 485 g/mol. The fourth-order valence-electron chi connectivity index (χ4n) is 3.32. The van der Waals surface area contributed by atoms with Crippen LogP contribution in [-0.4, -0.2) is 30.2 Å². The van der Waals surface area contributed by atoms with E-state index in [0.29, 0.717) is 22.6 Å². The molecule has 0 bridgehead atoms. The van der Waals surface area contributed by atoms with Crippen LogP contribution in [0.25, 0.3) is 11.6 Å². The molecule has 0 aromatic heterocycles. The Labute approximate surface area is 205 Å². The fourth-order valence-corrected chi connectivity index (χ4v) is 3.32. The molecule has 180 valence electrons. The van der Waals surface area contributed by atoms with Gasteiger partial charge in [-0.2, -0.15) is 0 Å². The lowest BCUT2D eigenvalue weighted by Gasteiger charge is -2.08. The Balaban J connectivity index is 1.22. The molecule has 0 atom stereocenters. The largest absolute Gasteiger partial charge is 0.493 e. The quantitative estimate of drug-likeness (QED) is 0.161. The van der Waals surface area contributed by atoms with Gasteiger partial charge >= 0.3 is 5.97 Å². The summed E-state index contributed by atoms with van der Waals surface area (Å²) >= 11 is 0. The number of ketones is 1. The van der Waals surface area contributed by atoms with Crippen molar-refractivity contribution in [3.05, 3.63) is 107 Å². The van der Waals surface area contributed by atoms with Crippen molar-refractivity contribution in [1.82, 2.24) is 5.32 Å². The summed E-state index contributed by atoms with van der Waals surface area (Å²) in [5.74, 6) is -1.18. The van der Waals surface area contributed by atoms with Crippen LogP contribution in [0, 0.1) is 5.82 Å². The number of esters is 1. The highest BCUT2D eigenvalue weighted by atomic mass is 19.1. The molecule has 0 aliphatic carbocycles. The molecule has 1 aliphatic rings. The lowest BCUT2D eigenvalue weighted by molar-refractivity contribution is -0.135. The van der Waals surface area contributed by atoms with Crippen molar-refractivity contribution in [2.75, 3.05) is 6.61 Å². The minimum atomic E-state index is -0.479. The molecule has 8 heteroatoms. The van der Waals surface area contributed by atoms with Crippen LogP contribution < -0.4 is 14.8 Å². The van der Waals surface area contributed by atoms with Gasteiger partial charge in [0.2, 0.25) is 0 Å². The maximum absolute atomic E-state index is 13.0. The zero-order valence-electron chi connectivity index (χ0n) is 18.9. The number of allylic oxidation sites excluding steroid dienone is 1. The highest BCUT2D eigenvalue weighted by Gasteiger charge is 2.21. The Kier molecular flexibility index (Phi) is 7.45. The zero-order valence-corrected chi connectivity index (χ0v) is 18.9. The molecular weight excluding hydrogens is 465 g/mol. The number of nitrogens with one attached hydrogen (secondary N) is 1. The van der Waals surface area contributed by atoms with E-state index < -0.39 is 23.6 Å². The van der Waals surface area contributed by atoms with E-state index in [1.165, 1.54) is 36.4 Å². The predicted molar refractivity (Wildman–Crippen MR) is 130 cm³/mol. The molecule has 1 aliphatic heterocycles. The molecule has 0 saturated carbocycles. The summed E-state index contributed by atoms with van der Waals surface area (Å²) in [5, 5.41) is 2.19. The number of rotatable bonds is 9. The molecule has 0 spiro atoms. The number of hydrogen-bond acceptors (Lipinski definition) is 6. The van der Waals surface area contributed by atoms with Gasteiger partial charge in [-0.3, -0.25) is 24.5 Å². The van der Waals surface area contributed by atoms with E-state index in [2.05, 4.69) is 5.32 Å². The SMILES string of the molecule is O=C1C=C(c2ccc(OCCC(=O)Oc3ccc(C=CC(=O)c4ccc(F)cc4)cc3)cc2)C(=O)N1. The summed E-state index contributed by atoms with van der Waals surface area (Å²) in [5.41, 5.74) is 1.98. The number of ether oxygens (including phenoxy) is 2. The van der Waals surface area contributed by atoms with Crippen LogP contribution in [0.3, 0.4) is 0 Å². The third kappa shape index (κ3) is 6.38. The fraction of sp³-hybridized carbons (Fsp3) is 0.0714. The molecule has 0 radical (unpaired) electrons. The van der Waals surface area contributed by atoms with Gasteiger partial charge in [-0.05, 0) is 65.7 Å². The van der Waals surface area contributed by atoms with Crippen LogP contribution >= 0.6 is 0 Å². The van der Waals surface area contributed by atoms with Crippen LogP contribution in [0.4, 0.5) is 4.39 Å². The average molecular weight is 485 g/mol. The number of amides is 2. The number of carbonyl (C=O) groups is 4. The Morgan fingerprint density at radius 3 is 2.17 bits per heavy atom. The summed E-state index contributed by atoms with van der Waals surface area (Å²) in [6, 6.07) is 18.5. The van der Waals surface area contributed by atoms with Crippen molar-refractivity contribution < 1.29 is 33.0 Å². The Hall–Kier alpha value is -4.85. The highest BCUT2D eigenvalue weighted by Crippen LogP contribution is 2.21. The third-order valence-electron chi connectivity index (χ3n) is 5.16. The van der Waals surface area contributed by atoms with E-state index in [1.54, 1.807) is 54.6 Å². The van der Waals surface area contributed by atoms with Crippen LogP contribution in [-0.2, 0) is 14.4 Å². The topological polar surface area (TPSA) is 98.8 Å². The first kappa shape index (κ1) is 24.3. The smallest absolute Gasteiger partial charge is 0.314 e. The van der Waals surface area contributed by atoms with Crippen molar-refractivity contribution in [3.63, 3.8) is 0 Å². The second-order valence-electron chi connectivity index (χ2n) is 7.75. The van der Waals surface area contributed by atoms with Gasteiger partial charge in [-0.25, -0.2) is 4.39 Å². The summed E-state index contributed by atoms with van der Waals surface area (Å²) < 4.78 is 23.8. The van der Waals surface area contributed by atoms with Crippen LogP contribution in [0.5, 0.6) is 11.5 Å². The van der Waals surface area contributed by atoms with E-state index in [0.717, 1.165) is 5.56 Å². The van der Waals surface area contributed by atoms with E-state index in [9.17, 15) is 23.6 Å². The van der Waals surface area contributed by atoms with Crippen LogP contribution in [0.15, 0.2) is 84.9 Å². The summed E-state index contributed by atoms with van der Waals surface area (Å²) in [6.45, 7) is 0.0895. The van der Waals surface area contributed by atoms with Crippen molar-refractivity contribution in [2.24, 2.45) is 0 Å². The molecule has 0 fully saturated rings. The van der Waals surface area contributed by atoms with Crippen molar-refractivity contribution in [2.45, 2.75) is 6.42 Å². The molecule has 36 heavy (non-hydrogen) atoms. The Morgan fingerprint density at radius 2 is 1.53 bits per heavy atom. The highest BCUT2D eigenvalue weighted by molar-refractivity contribution is 6.33. The van der Waals surface area contributed by atoms with Gasteiger partial charge in [0, 0.05) is 11.6 Å². The standard InChI is InChI=1S/C28H20FNO6/c29-21-8-4-20(5-9-21)25(31)14-3-18-1-10-23(11-2-18)36-27(33)15-16-35-22-12-6-19(7-13-22)24-17-26(32)30-28(24)34/h1-14,17H,15-16H2,(H,30,32,34). The van der Waals surface area contributed by atoms with Gasteiger partial charge < -0.3 is 9.47 Å². The lowest BCUT2D eigenvalue weighted by atomic mass is 10.1. The maximum Gasteiger partial charge on any atom is 0.314 e. The first-order valence-electron chi connectivity index (χ1n) is 11.0. The van der Waals surface area contributed by atoms with E-state index in [-0.39, 0.29) is 24.4 Å². The van der Waals surface area contributed by atoms with E-state index in [1.807, 2.05) is 0 Å². The zero-order chi connectivity index (χ0) is 25.5. The molecule has 1 heterocycles.